The van der Waals surface area contributed by atoms with E-state index in [4.69, 9.17) is 4.98 Å². The maximum absolute atomic E-state index is 4.70. The van der Waals surface area contributed by atoms with Crippen molar-refractivity contribution in [3.8, 4) is 0 Å². The third-order valence-electron chi connectivity index (χ3n) is 2.72. The number of aromatic nitrogens is 1. The lowest BCUT2D eigenvalue weighted by Crippen LogP contribution is -2.04. The molecule has 0 saturated heterocycles. The number of nitrogens with one attached hydrogen (secondary N) is 1. The smallest absolute Gasteiger partial charge is 0.107 e. The van der Waals surface area contributed by atoms with E-state index < -0.39 is 0 Å². The van der Waals surface area contributed by atoms with Crippen molar-refractivity contribution in [3.63, 3.8) is 0 Å². The first kappa shape index (κ1) is 10.1. The molecule has 1 aliphatic carbocycles. The lowest BCUT2D eigenvalue weighted by Gasteiger charge is -2.06. The highest BCUT2D eigenvalue weighted by Gasteiger charge is 2.12. The Morgan fingerprint density at radius 1 is 1.21 bits per heavy atom. The van der Waals surface area contributed by atoms with E-state index >= 15 is 0 Å². The summed E-state index contributed by atoms with van der Waals surface area (Å²) in [6, 6.07) is 0. The van der Waals surface area contributed by atoms with E-state index in [0.29, 0.717) is 0 Å². The summed E-state index contributed by atoms with van der Waals surface area (Å²) in [5.41, 5.74) is 1.39. The predicted octanol–water partition coefficient (Wildman–Crippen LogP) is 2.52. The second-order valence-electron chi connectivity index (χ2n) is 3.92. The molecule has 0 bridgehead atoms. The van der Waals surface area contributed by atoms with Crippen LogP contribution in [0.4, 0.5) is 0 Å². The first-order chi connectivity index (χ1) is 6.90. The summed E-state index contributed by atoms with van der Waals surface area (Å²) in [6.45, 7) is 0.928. The molecule has 0 unspecified atom stereocenters. The first-order valence-corrected chi connectivity index (χ1v) is 6.34. The van der Waals surface area contributed by atoms with Crippen molar-refractivity contribution in [1.82, 2.24) is 10.3 Å². The second kappa shape index (κ2) is 4.89. The summed E-state index contributed by atoms with van der Waals surface area (Å²) in [4.78, 5) is 6.25. The molecule has 0 fully saturated rings. The molecule has 2 rings (SSSR count). The highest BCUT2D eigenvalue weighted by atomic mass is 32.1. The molecule has 1 aromatic rings. The van der Waals surface area contributed by atoms with Gasteiger partial charge in [0.25, 0.3) is 0 Å². The van der Waals surface area contributed by atoms with Crippen LogP contribution in [0.5, 0.6) is 0 Å². The second-order valence-corrected chi connectivity index (χ2v) is 5.09. The molecule has 14 heavy (non-hydrogen) atoms. The van der Waals surface area contributed by atoms with Crippen LogP contribution in [-0.2, 0) is 19.4 Å². The molecular formula is C11H18N2S. The maximum atomic E-state index is 4.70. The monoisotopic (exact) mass is 210 g/mol. The Balaban J connectivity index is 2.14. The molecule has 1 heterocycles. The zero-order valence-corrected chi connectivity index (χ0v) is 9.62. The van der Waals surface area contributed by atoms with Crippen molar-refractivity contribution in [3.05, 3.63) is 15.6 Å². The third-order valence-corrected chi connectivity index (χ3v) is 3.88. The summed E-state index contributed by atoms with van der Waals surface area (Å²) < 4.78 is 0. The molecule has 0 atom stereocenters. The van der Waals surface area contributed by atoms with Crippen LogP contribution in [0.15, 0.2) is 0 Å². The molecule has 1 aliphatic rings. The van der Waals surface area contributed by atoms with Crippen molar-refractivity contribution in [1.29, 1.82) is 0 Å². The van der Waals surface area contributed by atoms with Gasteiger partial charge in [0.1, 0.15) is 5.01 Å². The molecule has 0 saturated carbocycles. The number of rotatable bonds is 2. The largest absolute Gasteiger partial charge is 0.314 e. The van der Waals surface area contributed by atoms with Crippen LogP contribution in [-0.4, -0.2) is 12.0 Å². The van der Waals surface area contributed by atoms with Gasteiger partial charge >= 0.3 is 0 Å². The minimum absolute atomic E-state index is 0.928. The minimum atomic E-state index is 0.928. The van der Waals surface area contributed by atoms with E-state index in [9.17, 15) is 0 Å². The average molecular weight is 210 g/mol. The van der Waals surface area contributed by atoms with Gasteiger partial charge in [0, 0.05) is 11.4 Å². The Hall–Kier alpha value is -0.410. The summed E-state index contributed by atoms with van der Waals surface area (Å²) in [5, 5.41) is 4.44. The van der Waals surface area contributed by atoms with Crippen molar-refractivity contribution in [2.75, 3.05) is 7.05 Å². The minimum Gasteiger partial charge on any atom is -0.314 e. The Bertz CT molecular complexity index is 268. The predicted molar refractivity (Wildman–Crippen MR) is 60.8 cm³/mol. The zero-order valence-electron chi connectivity index (χ0n) is 8.81. The van der Waals surface area contributed by atoms with E-state index in [1.165, 1.54) is 49.2 Å². The van der Waals surface area contributed by atoms with E-state index in [-0.39, 0.29) is 0 Å². The SMILES string of the molecule is CNCc1nc2c(s1)CCCCCC2. The number of fused-ring (bicyclic) bond motifs is 1. The van der Waals surface area contributed by atoms with Gasteiger partial charge in [-0.3, -0.25) is 0 Å². The molecule has 0 aromatic carbocycles. The molecule has 0 amide bonds. The van der Waals surface area contributed by atoms with E-state index in [1.54, 1.807) is 4.88 Å². The van der Waals surface area contributed by atoms with Crippen molar-refractivity contribution in [2.24, 2.45) is 0 Å². The molecule has 1 N–H and O–H groups in total. The fourth-order valence-corrected chi connectivity index (χ4v) is 3.15. The Kier molecular flexibility index (Phi) is 3.54. The molecule has 0 spiro atoms. The van der Waals surface area contributed by atoms with Gasteiger partial charge in [0.05, 0.1) is 5.69 Å². The molecular weight excluding hydrogens is 192 g/mol. The molecule has 0 aliphatic heterocycles. The maximum Gasteiger partial charge on any atom is 0.107 e. The van der Waals surface area contributed by atoms with Gasteiger partial charge in [-0.1, -0.05) is 12.8 Å². The molecule has 3 heteroatoms. The van der Waals surface area contributed by atoms with Gasteiger partial charge in [-0.05, 0) is 32.7 Å². The fourth-order valence-electron chi connectivity index (χ4n) is 1.99. The van der Waals surface area contributed by atoms with Gasteiger partial charge in [-0.2, -0.15) is 0 Å². The standard InChI is InChI=1S/C11H18N2S/c1-12-8-11-13-9-6-4-2-3-5-7-10(9)14-11/h12H,2-8H2,1H3. The van der Waals surface area contributed by atoms with Crippen LogP contribution in [0.1, 0.15) is 41.3 Å². The summed E-state index contributed by atoms with van der Waals surface area (Å²) in [7, 11) is 1.98. The van der Waals surface area contributed by atoms with Crippen LogP contribution < -0.4 is 5.32 Å². The third kappa shape index (κ3) is 2.34. The van der Waals surface area contributed by atoms with Crippen LogP contribution in [0.25, 0.3) is 0 Å². The fraction of sp³-hybridized carbons (Fsp3) is 0.727. The lowest BCUT2D eigenvalue weighted by molar-refractivity contribution is 0.614. The van der Waals surface area contributed by atoms with E-state index in [1.807, 2.05) is 18.4 Å². The first-order valence-electron chi connectivity index (χ1n) is 5.52. The number of thiazole rings is 1. The Morgan fingerprint density at radius 3 is 2.79 bits per heavy atom. The van der Waals surface area contributed by atoms with Crippen LogP contribution >= 0.6 is 11.3 Å². The highest BCUT2D eigenvalue weighted by Crippen LogP contribution is 2.25. The van der Waals surface area contributed by atoms with Gasteiger partial charge in [0.15, 0.2) is 0 Å². The van der Waals surface area contributed by atoms with Gasteiger partial charge in [-0.25, -0.2) is 4.98 Å². The lowest BCUT2D eigenvalue weighted by atomic mass is 10.0. The van der Waals surface area contributed by atoms with Crippen LogP contribution in [0.2, 0.25) is 0 Å². The Labute approximate surface area is 89.8 Å². The summed E-state index contributed by atoms with van der Waals surface area (Å²) in [5.74, 6) is 0. The molecule has 1 aromatic heterocycles. The molecule has 2 nitrogen and oxygen atoms in total. The summed E-state index contributed by atoms with van der Waals surface area (Å²) in [6.07, 6.45) is 7.94. The Morgan fingerprint density at radius 2 is 2.00 bits per heavy atom. The topological polar surface area (TPSA) is 24.9 Å². The van der Waals surface area contributed by atoms with Gasteiger partial charge < -0.3 is 5.32 Å². The zero-order chi connectivity index (χ0) is 9.80. The quantitative estimate of drug-likeness (QED) is 0.811. The number of aryl methyl sites for hydroxylation is 2. The van der Waals surface area contributed by atoms with E-state index in [2.05, 4.69) is 5.32 Å². The normalized spacial score (nSPS) is 17.2. The van der Waals surface area contributed by atoms with E-state index in [0.717, 1.165) is 6.54 Å². The molecule has 0 radical (unpaired) electrons. The molecule has 78 valence electrons. The van der Waals surface area contributed by atoms with Gasteiger partial charge in [-0.15, -0.1) is 11.3 Å². The number of nitrogens with zero attached hydrogens (tertiary/aromatic N) is 1. The van der Waals surface area contributed by atoms with Gasteiger partial charge in [0.2, 0.25) is 0 Å². The van der Waals surface area contributed by atoms with Crippen molar-refractivity contribution in [2.45, 2.75) is 45.1 Å². The van der Waals surface area contributed by atoms with Crippen molar-refractivity contribution < 1.29 is 0 Å². The van der Waals surface area contributed by atoms with Crippen molar-refractivity contribution >= 4 is 11.3 Å². The number of hydrogen-bond acceptors (Lipinski definition) is 3. The summed E-state index contributed by atoms with van der Waals surface area (Å²) >= 11 is 1.91. The van der Waals surface area contributed by atoms with Crippen LogP contribution in [0.3, 0.4) is 0 Å². The number of hydrogen-bond donors (Lipinski definition) is 1. The average Bonchev–Trinajstić information content (AvgIpc) is 2.48. The highest BCUT2D eigenvalue weighted by molar-refractivity contribution is 7.11. The van der Waals surface area contributed by atoms with Crippen LogP contribution in [0, 0.1) is 0 Å².